The summed E-state index contributed by atoms with van der Waals surface area (Å²) in [6.45, 7) is -3.69. The van der Waals surface area contributed by atoms with Gasteiger partial charge < -0.3 is 0 Å². The number of hydrogen-bond donors (Lipinski definition) is 0. The molecule has 0 amide bonds. The van der Waals surface area contributed by atoms with Crippen molar-refractivity contribution in [2.45, 2.75) is 0 Å². The first-order valence-corrected chi connectivity index (χ1v) is 13.4. The average Bonchev–Trinajstić information content (AvgIpc) is 2.39. The third-order valence-corrected chi connectivity index (χ3v) is 15.0. The lowest BCUT2D eigenvalue weighted by molar-refractivity contribution is 0.472. The molecular weight excluding hydrogens is 401 g/mol. The van der Waals surface area contributed by atoms with E-state index >= 15 is 0 Å². The summed E-state index contributed by atoms with van der Waals surface area (Å²) >= 11 is 6.49. The van der Waals surface area contributed by atoms with Crippen molar-refractivity contribution in [2.75, 3.05) is 84.6 Å². The van der Waals surface area contributed by atoms with Crippen molar-refractivity contribution in [3.05, 3.63) is 0 Å². The van der Waals surface area contributed by atoms with E-state index in [9.17, 15) is 4.57 Å². The molecule has 0 heterocycles. The van der Waals surface area contributed by atoms with E-state index in [1.165, 1.54) is 0 Å². The maximum atomic E-state index is 13.4. The Balaban J connectivity index is 6.88. The first kappa shape index (κ1) is 25.7. The Morgan fingerprint density at radius 3 is 0.800 bits per heavy atom. The summed E-state index contributed by atoms with van der Waals surface area (Å²) in [6, 6.07) is 0. The molecular formula is C12H36ClN8OP3. The van der Waals surface area contributed by atoms with Crippen LogP contribution in [0.25, 0.3) is 0 Å². The predicted octanol–water partition coefficient (Wildman–Crippen LogP) is 3.60. The summed E-state index contributed by atoms with van der Waals surface area (Å²) in [5, 5.41) is 0. The SMILES string of the molecule is CN(C)P(=NP(=O)(Cl)N=P(N(C)C)(N(C)C)N(C)C)(N(C)C)N(C)C. The van der Waals surface area contributed by atoms with Crippen molar-refractivity contribution in [1.29, 1.82) is 0 Å². The molecule has 0 aliphatic carbocycles. The van der Waals surface area contributed by atoms with E-state index in [-0.39, 0.29) is 0 Å². The molecule has 0 fully saturated rings. The minimum atomic E-state index is -3.69. The van der Waals surface area contributed by atoms with Gasteiger partial charge in [-0.1, -0.05) is 0 Å². The summed E-state index contributed by atoms with van der Waals surface area (Å²) in [6.07, 6.45) is 0. The van der Waals surface area contributed by atoms with Gasteiger partial charge in [0.25, 0.3) is 0 Å². The zero-order chi connectivity index (χ0) is 20.4. The number of nitrogens with zero attached hydrogens (tertiary/aromatic N) is 8. The zero-order valence-corrected chi connectivity index (χ0v) is 21.1. The van der Waals surface area contributed by atoms with Gasteiger partial charge in [0.05, 0.1) is 0 Å². The molecule has 13 heteroatoms. The summed E-state index contributed by atoms with van der Waals surface area (Å²) < 4.78 is 34.5. The normalized spacial score (nSPS) is 14.5. The summed E-state index contributed by atoms with van der Waals surface area (Å²) in [7, 11) is 18.2. The zero-order valence-electron chi connectivity index (χ0n) is 17.7. The van der Waals surface area contributed by atoms with Crippen LogP contribution in [0.3, 0.4) is 0 Å². The quantitative estimate of drug-likeness (QED) is 0.539. The van der Waals surface area contributed by atoms with Gasteiger partial charge in [0.15, 0.2) is 15.0 Å². The van der Waals surface area contributed by atoms with Crippen molar-refractivity contribution < 1.29 is 4.57 Å². The van der Waals surface area contributed by atoms with Gasteiger partial charge in [0, 0.05) is 0 Å². The first-order valence-electron chi connectivity index (χ1n) is 7.72. The molecule has 0 N–H and O–H groups in total. The van der Waals surface area contributed by atoms with Crippen LogP contribution in [0.4, 0.5) is 0 Å². The molecule has 0 spiro atoms. The number of rotatable bonds is 8. The van der Waals surface area contributed by atoms with Crippen molar-refractivity contribution in [3.8, 4) is 0 Å². The average molecular weight is 437 g/mol. The van der Waals surface area contributed by atoms with E-state index in [0.29, 0.717) is 0 Å². The first-order chi connectivity index (χ1) is 11.1. The highest BCUT2D eigenvalue weighted by Gasteiger charge is 2.37. The van der Waals surface area contributed by atoms with Crippen molar-refractivity contribution in [1.82, 2.24) is 28.0 Å². The highest BCUT2D eigenvalue weighted by atomic mass is 35.7. The van der Waals surface area contributed by atoms with E-state index in [0.717, 1.165) is 0 Å². The van der Waals surface area contributed by atoms with Gasteiger partial charge in [-0.05, 0) is 95.8 Å². The third kappa shape index (κ3) is 5.39. The van der Waals surface area contributed by atoms with E-state index in [1.807, 2.05) is 113 Å². The fraction of sp³-hybridized carbons (Fsp3) is 1.00. The summed E-state index contributed by atoms with van der Waals surface area (Å²) in [5.74, 6) is 0. The molecule has 0 aliphatic heterocycles. The second-order valence-electron chi connectivity index (χ2n) is 6.81. The largest absolute Gasteiger partial charge is 0.393 e. The lowest BCUT2D eigenvalue weighted by Crippen LogP contribution is -2.31. The molecule has 0 aromatic heterocycles. The minimum Gasteiger partial charge on any atom is -0.253 e. The van der Waals surface area contributed by atoms with Gasteiger partial charge in [0.1, 0.15) is 0 Å². The fourth-order valence-electron chi connectivity index (χ4n) is 2.94. The van der Waals surface area contributed by atoms with E-state index in [2.05, 4.69) is 9.03 Å². The van der Waals surface area contributed by atoms with Crippen LogP contribution in [0, 0.1) is 0 Å². The standard InChI is InChI=1S/C12H36ClN8OP3/c1-16(2)24(17(3)4,18(5)6)14-23(13,22)15-25(19(7)8,20(9)10)21(11)12/h1-12H3. The van der Waals surface area contributed by atoms with E-state index in [1.54, 1.807) is 0 Å². The van der Waals surface area contributed by atoms with E-state index in [4.69, 9.17) is 11.2 Å². The Labute approximate surface area is 159 Å². The topological polar surface area (TPSA) is 61.2 Å². The van der Waals surface area contributed by atoms with Crippen LogP contribution in [0.5, 0.6) is 0 Å². The molecule has 0 saturated heterocycles. The smallest absolute Gasteiger partial charge is 0.253 e. The maximum Gasteiger partial charge on any atom is 0.393 e. The minimum absolute atomic E-state index is 1.92. The van der Waals surface area contributed by atoms with Gasteiger partial charge in [-0.2, -0.15) is 9.03 Å². The highest BCUT2D eigenvalue weighted by Crippen LogP contribution is 2.73. The Kier molecular flexibility index (Phi) is 9.57. The monoisotopic (exact) mass is 436 g/mol. The van der Waals surface area contributed by atoms with Gasteiger partial charge in [0.2, 0.25) is 0 Å². The van der Waals surface area contributed by atoms with Crippen LogP contribution in [-0.2, 0) is 4.57 Å². The third-order valence-electron chi connectivity index (χ3n) is 3.68. The van der Waals surface area contributed by atoms with E-state index < -0.39 is 21.8 Å². The fourth-order valence-corrected chi connectivity index (χ4v) is 15.5. The molecule has 0 bridgehead atoms. The van der Waals surface area contributed by atoms with Crippen LogP contribution in [-0.4, -0.2) is 113 Å². The molecule has 9 nitrogen and oxygen atoms in total. The molecule has 0 radical (unpaired) electrons. The van der Waals surface area contributed by atoms with Crippen LogP contribution in [0.1, 0.15) is 0 Å². The van der Waals surface area contributed by atoms with Crippen LogP contribution >= 0.6 is 33.1 Å². The Morgan fingerprint density at radius 1 is 0.520 bits per heavy atom. The Morgan fingerprint density at radius 2 is 0.680 bits per heavy atom. The highest BCUT2D eigenvalue weighted by molar-refractivity contribution is 7.93. The Hall–Kier alpha value is 0.740. The molecule has 0 saturated carbocycles. The molecule has 0 unspecified atom stereocenters. The van der Waals surface area contributed by atoms with Crippen LogP contribution in [0.2, 0.25) is 0 Å². The van der Waals surface area contributed by atoms with Gasteiger partial charge in [-0.25, -0.2) is 0 Å². The molecule has 0 aromatic rings. The van der Waals surface area contributed by atoms with Crippen molar-refractivity contribution in [3.63, 3.8) is 0 Å². The number of halogens is 1. The molecule has 152 valence electrons. The van der Waals surface area contributed by atoms with Crippen LogP contribution < -0.4 is 0 Å². The second-order valence-corrected chi connectivity index (χ2v) is 17.5. The molecule has 0 aromatic carbocycles. The summed E-state index contributed by atoms with van der Waals surface area (Å²) in [5.41, 5.74) is 0. The Bertz CT molecular complexity index is 498. The van der Waals surface area contributed by atoms with Crippen LogP contribution in [0.15, 0.2) is 9.03 Å². The van der Waals surface area contributed by atoms with Gasteiger partial charge in [-0.3, -0.25) is 32.6 Å². The van der Waals surface area contributed by atoms with Gasteiger partial charge >= 0.3 is 6.80 Å². The molecule has 0 aliphatic rings. The van der Waals surface area contributed by atoms with Crippen molar-refractivity contribution in [2.24, 2.45) is 9.03 Å². The summed E-state index contributed by atoms with van der Waals surface area (Å²) in [4.78, 5) is 0. The molecule has 25 heavy (non-hydrogen) atoms. The molecule has 0 rings (SSSR count). The number of hydrogen-bond acceptors (Lipinski definition) is 1. The maximum absolute atomic E-state index is 13.4. The lowest BCUT2D eigenvalue weighted by Gasteiger charge is -2.42. The van der Waals surface area contributed by atoms with Crippen molar-refractivity contribution >= 4 is 33.1 Å². The predicted molar refractivity (Wildman–Crippen MR) is 114 cm³/mol. The molecule has 0 atom stereocenters. The lowest BCUT2D eigenvalue weighted by atomic mass is 11.2. The van der Waals surface area contributed by atoms with Gasteiger partial charge in [-0.15, -0.1) is 0 Å². The second kappa shape index (κ2) is 9.29.